The number of nitrogens with one attached hydrogen (secondary N) is 2. The molecule has 0 aliphatic heterocycles. The number of halogens is 1. The molecule has 1 aromatic carbocycles. The van der Waals surface area contributed by atoms with Crippen LogP contribution in [-0.4, -0.2) is 11.2 Å². The van der Waals surface area contributed by atoms with Gasteiger partial charge in [0.2, 0.25) is 0 Å². The van der Waals surface area contributed by atoms with Crippen molar-refractivity contribution in [2.24, 2.45) is 0 Å². The van der Waals surface area contributed by atoms with Gasteiger partial charge in [-0.05, 0) is 62.7 Å². The maximum Gasteiger partial charge on any atom is 0.171 e. The Bertz CT molecular complexity index is 409. The molecular weight excluding hydrogens is 308 g/mol. The van der Waals surface area contributed by atoms with Crippen LogP contribution in [0.2, 0.25) is 0 Å². The molecule has 0 amide bonds. The van der Waals surface area contributed by atoms with Gasteiger partial charge in [0.15, 0.2) is 5.11 Å². The number of rotatable bonds is 4. The molecule has 0 fully saturated rings. The Morgan fingerprint density at radius 1 is 1.33 bits per heavy atom. The largest absolute Gasteiger partial charge is 0.360 e. The molecule has 100 valence electrons. The third-order valence-electron chi connectivity index (χ3n) is 2.84. The summed E-state index contributed by atoms with van der Waals surface area (Å²) < 4.78 is 1.10. The standard InChI is InChI=1S/C14H21BrN2S/c1-5-6-11(4)16-14(18)17-13-9(2)7-12(15)8-10(13)3/h7-8,11H,5-6H2,1-4H3,(H2,16,17,18)/t11-/m1/s1. The molecule has 18 heavy (non-hydrogen) atoms. The molecule has 0 unspecified atom stereocenters. The predicted molar refractivity (Wildman–Crippen MR) is 87.3 cm³/mol. The molecule has 4 heteroatoms. The van der Waals surface area contributed by atoms with E-state index in [1.807, 2.05) is 0 Å². The van der Waals surface area contributed by atoms with Gasteiger partial charge < -0.3 is 10.6 Å². The Hall–Kier alpha value is -0.610. The Labute approximate surface area is 124 Å². The van der Waals surface area contributed by atoms with Crippen LogP contribution in [0.25, 0.3) is 0 Å². The number of benzene rings is 1. The molecule has 0 bridgehead atoms. The summed E-state index contributed by atoms with van der Waals surface area (Å²) in [5.74, 6) is 0. The molecule has 0 aliphatic rings. The molecule has 0 saturated heterocycles. The highest BCUT2D eigenvalue weighted by atomic mass is 79.9. The van der Waals surface area contributed by atoms with Gasteiger partial charge in [-0.25, -0.2) is 0 Å². The maximum atomic E-state index is 5.34. The van der Waals surface area contributed by atoms with Gasteiger partial charge in [0, 0.05) is 16.2 Å². The van der Waals surface area contributed by atoms with Crippen LogP contribution in [0.1, 0.15) is 37.8 Å². The van der Waals surface area contributed by atoms with E-state index in [0.717, 1.165) is 23.0 Å². The van der Waals surface area contributed by atoms with Crippen molar-refractivity contribution in [3.8, 4) is 0 Å². The summed E-state index contributed by atoms with van der Waals surface area (Å²) in [7, 11) is 0. The van der Waals surface area contributed by atoms with Crippen molar-refractivity contribution in [1.29, 1.82) is 0 Å². The van der Waals surface area contributed by atoms with Crippen molar-refractivity contribution in [2.75, 3.05) is 5.32 Å². The van der Waals surface area contributed by atoms with Gasteiger partial charge in [-0.3, -0.25) is 0 Å². The summed E-state index contributed by atoms with van der Waals surface area (Å²) in [5, 5.41) is 7.30. The molecule has 0 spiro atoms. The maximum absolute atomic E-state index is 5.34. The van der Waals surface area contributed by atoms with E-state index in [1.54, 1.807) is 0 Å². The first-order valence-corrected chi connectivity index (χ1v) is 7.48. The van der Waals surface area contributed by atoms with E-state index in [4.69, 9.17) is 12.2 Å². The number of hydrogen-bond donors (Lipinski definition) is 2. The van der Waals surface area contributed by atoms with Crippen molar-refractivity contribution in [3.63, 3.8) is 0 Å². The lowest BCUT2D eigenvalue weighted by Crippen LogP contribution is -2.36. The average molecular weight is 329 g/mol. The van der Waals surface area contributed by atoms with Crippen molar-refractivity contribution >= 4 is 38.9 Å². The highest BCUT2D eigenvalue weighted by Gasteiger charge is 2.08. The van der Waals surface area contributed by atoms with Crippen LogP contribution < -0.4 is 10.6 Å². The van der Waals surface area contributed by atoms with Crippen LogP contribution in [0, 0.1) is 13.8 Å². The fourth-order valence-electron chi connectivity index (χ4n) is 1.99. The summed E-state index contributed by atoms with van der Waals surface area (Å²) in [4.78, 5) is 0. The zero-order chi connectivity index (χ0) is 13.7. The van der Waals surface area contributed by atoms with E-state index < -0.39 is 0 Å². The Morgan fingerprint density at radius 3 is 2.39 bits per heavy atom. The third-order valence-corrected chi connectivity index (χ3v) is 3.51. The van der Waals surface area contributed by atoms with E-state index in [2.05, 4.69) is 66.4 Å². The quantitative estimate of drug-likeness (QED) is 0.793. The van der Waals surface area contributed by atoms with Gasteiger partial charge in [-0.1, -0.05) is 29.3 Å². The molecular formula is C14H21BrN2S. The van der Waals surface area contributed by atoms with Crippen molar-refractivity contribution < 1.29 is 0 Å². The lowest BCUT2D eigenvalue weighted by atomic mass is 10.1. The molecule has 0 aromatic heterocycles. The molecule has 0 saturated carbocycles. The summed E-state index contributed by atoms with van der Waals surface area (Å²) in [6.45, 7) is 8.49. The second-order valence-corrected chi connectivity index (χ2v) is 6.03. The van der Waals surface area contributed by atoms with Gasteiger partial charge >= 0.3 is 0 Å². The van der Waals surface area contributed by atoms with E-state index >= 15 is 0 Å². The monoisotopic (exact) mass is 328 g/mol. The van der Waals surface area contributed by atoms with E-state index in [0.29, 0.717) is 11.2 Å². The van der Waals surface area contributed by atoms with E-state index in [-0.39, 0.29) is 0 Å². The first-order valence-electron chi connectivity index (χ1n) is 6.28. The molecule has 1 aromatic rings. The fraction of sp³-hybridized carbons (Fsp3) is 0.500. The molecule has 0 radical (unpaired) electrons. The van der Waals surface area contributed by atoms with Crippen LogP contribution >= 0.6 is 28.1 Å². The zero-order valence-corrected chi connectivity index (χ0v) is 13.8. The SMILES string of the molecule is CCC[C@@H](C)NC(=S)Nc1c(C)cc(Br)cc1C. The van der Waals surface area contributed by atoms with E-state index in [1.165, 1.54) is 11.1 Å². The normalized spacial score (nSPS) is 12.1. The number of hydrogen-bond acceptors (Lipinski definition) is 1. The molecule has 1 atom stereocenters. The highest BCUT2D eigenvalue weighted by Crippen LogP contribution is 2.25. The molecule has 1 rings (SSSR count). The Kier molecular flexibility index (Phi) is 6.09. The predicted octanol–water partition coefficient (Wildman–Crippen LogP) is 4.54. The summed E-state index contributed by atoms with van der Waals surface area (Å²) in [5.41, 5.74) is 3.47. The first kappa shape index (κ1) is 15.4. The van der Waals surface area contributed by atoms with Gasteiger partial charge in [0.05, 0.1) is 0 Å². The van der Waals surface area contributed by atoms with Crippen molar-refractivity contribution in [1.82, 2.24) is 5.32 Å². The van der Waals surface area contributed by atoms with Gasteiger partial charge in [-0.2, -0.15) is 0 Å². The minimum Gasteiger partial charge on any atom is -0.360 e. The molecule has 2 nitrogen and oxygen atoms in total. The minimum absolute atomic E-state index is 0.408. The summed E-state index contributed by atoms with van der Waals surface area (Å²) in [6, 6.07) is 4.59. The topological polar surface area (TPSA) is 24.1 Å². The average Bonchev–Trinajstić information content (AvgIpc) is 2.23. The number of thiocarbonyl (C=S) groups is 1. The second-order valence-electron chi connectivity index (χ2n) is 4.70. The molecule has 2 N–H and O–H groups in total. The lowest BCUT2D eigenvalue weighted by molar-refractivity contribution is 0.599. The summed E-state index contributed by atoms with van der Waals surface area (Å²) in [6.07, 6.45) is 2.28. The smallest absolute Gasteiger partial charge is 0.171 e. The lowest BCUT2D eigenvalue weighted by Gasteiger charge is -2.18. The number of anilines is 1. The van der Waals surface area contributed by atoms with Crippen LogP contribution in [0.3, 0.4) is 0 Å². The minimum atomic E-state index is 0.408. The van der Waals surface area contributed by atoms with Crippen molar-refractivity contribution in [3.05, 3.63) is 27.7 Å². The Balaban J connectivity index is 2.70. The second kappa shape index (κ2) is 7.10. The molecule has 0 aliphatic carbocycles. The highest BCUT2D eigenvalue weighted by molar-refractivity contribution is 9.10. The van der Waals surface area contributed by atoms with Gasteiger partial charge in [0.25, 0.3) is 0 Å². The zero-order valence-electron chi connectivity index (χ0n) is 11.4. The van der Waals surface area contributed by atoms with Crippen molar-refractivity contribution in [2.45, 2.75) is 46.6 Å². The van der Waals surface area contributed by atoms with Crippen LogP contribution in [0.15, 0.2) is 16.6 Å². The third kappa shape index (κ3) is 4.58. The Morgan fingerprint density at radius 2 is 1.89 bits per heavy atom. The van der Waals surface area contributed by atoms with Crippen LogP contribution in [0.5, 0.6) is 0 Å². The van der Waals surface area contributed by atoms with Gasteiger partial charge in [0.1, 0.15) is 0 Å². The first-order chi connectivity index (χ1) is 8.43. The molecule has 0 heterocycles. The fourth-order valence-corrected chi connectivity index (χ4v) is 2.98. The van der Waals surface area contributed by atoms with Gasteiger partial charge in [-0.15, -0.1) is 0 Å². The van der Waals surface area contributed by atoms with Crippen LogP contribution in [0.4, 0.5) is 5.69 Å². The number of aryl methyl sites for hydroxylation is 2. The van der Waals surface area contributed by atoms with E-state index in [9.17, 15) is 0 Å². The van der Waals surface area contributed by atoms with Crippen LogP contribution in [-0.2, 0) is 0 Å². The summed E-state index contributed by atoms with van der Waals surface area (Å²) >= 11 is 8.84.